The molecule has 7 heteroatoms. The average Bonchev–Trinajstić information content (AvgIpc) is 2.77. The number of nitrogens with zero attached hydrogens (tertiary/aromatic N) is 1. The average molecular weight is 326 g/mol. The summed E-state index contributed by atoms with van der Waals surface area (Å²) in [6.45, 7) is 1.12. The van der Waals surface area contributed by atoms with Gasteiger partial charge >= 0.3 is 10.8 Å². The molecule has 0 N–H and O–H groups in total. The Hall–Kier alpha value is -1.92. The van der Waals surface area contributed by atoms with Crippen LogP contribution in [0.2, 0.25) is 5.02 Å². The number of rotatable bonds is 5. The van der Waals surface area contributed by atoms with Crippen LogP contribution in [0, 0.1) is 6.92 Å². The summed E-state index contributed by atoms with van der Waals surface area (Å²) in [6, 6.07) is 6.53. The van der Waals surface area contributed by atoms with Gasteiger partial charge in [-0.05, 0) is 19.1 Å². The summed E-state index contributed by atoms with van der Waals surface area (Å²) >= 11 is 6.90. The number of esters is 1. The van der Waals surface area contributed by atoms with Crippen LogP contribution in [0.4, 0.5) is 0 Å². The minimum absolute atomic E-state index is 0.204. The third-order valence-corrected chi connectivity index (χ3v) is 4.01. The van der Waals surface area contributed by atoms with Crippen LogP contribution in [0.3, 0.4) is 0 Å². The van der Waals surface area contributed by atoms with Gasteiger partial charge in [0.25, 0.3) is 0 Å². The molecule has 1 heterocycles. The first kappa shape index (κ1) is 15.5. The maximum Gasteiger partial charge on any atom is 0.326 e. The highest BCUT2D eigenvalue weighted by Gasteiger charge is 2.14. The number of halogens is 1. The van der Waals surface area contributed by atoms with E-state index in [1.54, 1.807) is 36.6 Å². The molecule has 0 aliphatic heterocycles. The maximum absolute atomic E-state index is 11.9. The lowest BCUT2D eigenvalue weighted by molar-refractivity contribution is -0.143. The Morgan fingerprint density at radius 3 is 2.67 bits per heavy atom. The minimum atomic E-state index is -0.640. The lowest BCUT2D eigenvalue weighted by Gasteiger charge is -2.06. The second-order valence-electron chi connectivity index (χ2n) is 4.29. The number of aryl methyl sites for hydroxylation is 1. The molecule has 0 unspecified atom stereocenters. The van der Waals surface area contributed by atoms with Crippen LogP contribution in [-0.2, 0) is 16.1 Å². The van der Waals surface area contributed by atoms with E-state index in [0.717, 1.165) is 11.3 Å². The molecule has 0 spiro atoms. The molecule has 0 saturated carbocycles. The van der Waals surface area contributed by atoms with Gasteiger partial charge < -0.3 is 4.74 Å². The van der Waals surface area contributed by atoms with E-state index in [2.05, 4.69) is 0 Å². The molecule has 2 aromatic rings. The predicted octanol–water partition coefficient (Wildman–Crippen LogP) is 2.30. The number of carbonyl (C=O) groups is 2. The predicted molar refractivity (Wildman–Crippen MR) is 80.1 cm³/mol. The minimum Gasteiger partial charge on any atom is -0.456 e. The molecule has 0 atom stereocenters. The number of hydrogen-bond donors (Lipinski definition) is 0. The quantitative estimate of drug-likeness (QED) is 0.625. The zero-order valence-electron chi connectivity index (χ0n) is 11.2. The standard InChI is InChI=1S/C14H12ClNO4S/c1-9-8-21-14(19)16(9)6-13(18)20-7-12(17)10-4-2-3-5-11(10)15/h2-5,8H,6-7H2,1H3. The Kier molecular flexibility index (Phi) is 4.93. The highest BCUT2D eigenvalue weighted by atomic mass is 35.5. The molecule has 5 nitrogen and oxygen atoms in total. The fourth-order valence-electron chi connectivity index (χ4n) is 1.68. The fourth-order valence-corrected chi connectivity index (χ4v) is 2.66. The number of ether oxygens (including phenoxy) is 1. The number of Topliss-reactive ketones (excluding diaryl/α,β-unsaturated/α-hetero) is 1. The molecule has 0 radical (unpaired) electrons. The summed E-state index contributed by atoms with van der Waals surface area (Å²) in [6.07, 6.45) is 0. The molecule has 0 aliphatic carbocycles. The Labute approximate surface area is 129 Å². The lowest BCUT2D eigenvalue weighted by Crippen LogP contribution is -2.24. The van der Waals surface area contributed by atoms with Gasteiger partial charge in [-0.25, -0.2) is 0 Å². The topological polar surface area (TPSA) is 65.4 Å². The van der Waals surface area contributed by atoms with E-state index in [1.807, 2.05) is 0 Å². The fraction of sp³-hybridized carbons (Fsp3) is 0.214. The number of hydrogen-bond acceptors (Lipinski definition) is 5. The van der Waals surface area contributed by atoms with Gasteiger partial charge in [-0.15, -0.1) is 0 Å². The van der Waals surface area contributed by atoms with Gasteiger partial charge in [-0.1, -0.05) is 35.1 Å². The van der Waals surface area contributed by atoms with Gasteiger partial charge in [0.05, 0.1) is 5.02 Å². The Morgan fingerprint density at radius 2 is 2.05 bits per heavy atom. The largest absolute Gasteiger partial charge is 0.456 e. The molecule has 0 amide bonds. The van der Waals surface area contributed by atoms with Gasteiger partial charge in [0.2, 0.25) is 5.78 Å². The molecule has 2 rings (SSSR count). The van der Waals surface area contributed by atoms with E-state index in [-0.39, 0.29) is 17.2 Å². The van der Waals surface area contributed by atoms with E-state index in [1.165, 1.54) is 4.57 Å². The van der Waals surface area contributed by atoms with Gasteiger partial charge in [0.1, 0.15) is 6.54 Å². The number of thiazole rings is 1. The van der Waals surface area contributed by atoms with Crippen molar-refractivity contribution in [1.29, 1.82) is 0 Å². The molecule has 0 fully saturated rings. The second kappa shape index (κ2) is 6.69. The van der Waals surface area contributed by atoms with Crippen molar-refractivity contribution in [1.82, 2.24) is 4.57 Å². The Morgan fingerprint density at radius 1 is 1.33 bits per heavy atom. The summed E-state index contributed by atoms with van der Waals surface area (Å²) in [5.41, 5.74) is 0.982. The molecule has 21 heavy (non-hydrogen) atoms. The smallest absolute Gasteiger partial charge is 0.326 e. The van der Waals surface area contributed by atoms with Crippen molar-refractivity contribution in [3.05, 3.63) is 55.6 Å². The first-order valence-corrected chi connectivity index (χ1v) is 7.33. The molecule has 1 aromatic carbocycles. The summed E-state index contributed by atoms with van der Waals surface area (Å²) in [7, 11) is 0. The molecule has 1 aromatic heterocycles. The lowest BCUT2D eigenvalue weighted by atomic mass is 10.1. The van der Waals surface area contributed by atoms with E-state index in [0.29, 0.717) is 16.3 Å². The molecule has 110 valence electrons. The van der Waals surface area contributed by atoms with Gasteiger partial charge in [0, 0.05) is 16.6 Å². The van der Waals surface area contributed by atoms with Crippen molar-refractivity contribution in [3.63, 3.8) is 0 Å². The molecule has 0 aliphatic rings. The van der Waals surface area contributed by atoms with Crippen LogP contribution in [0.1, 0.15) is 16.1 Å². The van der Waals surface area contributed by atoms with Crippen molar-refractivity contribution in [2.24, 2.45) is 0 Å². The highest BCUT2D eigenvalue weighted by molar-refractivity contribution is 7.07. The summed E-state index contributed by atoms with van der Waals surface area (Å²) in [5.74, 6) is -1.03. The third kappa shape index (κ3) is 3.80. The molecular weight excluding hydrogens is 314 g/mol. The van der Waals surface area contributed by atoms with Gasteiger partial charge in [-0.3, -0.25) is 19.0 Å². The number of aromatic nitrogens is 1. The summed E-state index contributed by atoms with van der Waals surface area (Å²) < 4.78 is 6.19. The highest BCUT2D eigenvalue weighted by Crippen LogP contribution is 2.15. The molecular formula is C14H12ClNO4S. The van der Waals surface area contributed by atoms with Crippen LogP contribution in [0.5, 0.6) is 0 Å². The van der Waals surface area contributed by atoms with Crippen molar-refractivity contribution < 1.29 is 14.3 Å². The van der Waals surface area contributed by atoms with E-state index in [4.69, 9.17) is 16.3 Å². The third-order valence-electron chi connectivity index (χ3n) is 2.80. The number of ketones is 1. The van der Waals surface area contributed by atoms with Crippen molar-refractivity contribution in [2.75, 3.05) is 6.61 Å². The Bertz CT molecular complexity index is 735. The SMILES string of the molecule is Cc1csc(=O)n1CC(=O)OCC(=O)c1ccccc1Cl. The zero-order valence-corrected chi connectivity index (χ0v) is 12.7. The van der Waals surface area contributed by atoms with Crippen LogP contribution in [-0.4, -0.2) is 22.9 Å². The van der Waals surface area contributed by atoms with E-state index in [9.17, 15) is 14.4 Å². The van der Waals surface area contributed by atoms with Crippen molar-refractivity contribution >= 4 is 34.7 Å². The zero-order chi connectivity index (χ0) is 15.4. The number of benzene rings is 1. The van der Waals surface area contributed by atoms with E-state index < -0.39 is 12.6 Å². The summed E-state index contributed by atoms with van der Waals surface area (Å²) in [4.78, 5) is 34.8. The second-order valence-corrected chi connectivity index (χ2v) is 5.52. The van der Waals surface area contributed by atoms with Crippen LogP contribution in [0.25, 0.3) is 0 Å². The van der Waals surface area contributed by atoms with E-state index >= 15 is 0 Å². The van der Waals surface area contributed by atoms with Crippen molar-refractivity contribution in [3.8, 4) is 0 Å². The molecule has 0 bridgehead atoms. The van der Waals surface area contributed by atoms with Crippen LogP contribution in [0.15, 0.2) is 34.4 Å². The maximum atomic E-state index is 11.9. The molecule has 0 saturated heterocycles. The number of carbonyl (C=O) groups excluding carboxylic acids is 2. The van der Waals surface area contributed by atoms with Gasteiger partial charge in [0.15, 0.2) is 6.61 Å². The van der Waals surface area contributed by atoms with Gasteiger partial charge in [-0.2, -0.15) is 0 Å². The first-order valence-electron chi connectivity index (χ1n) is 6.07. The van der Waals surface area contributed by atoms with Crippen LogP contribution >= 0.6 is 22.9 Å². The van der Waals surface area contributed by atoms with Crippen LogP contribution < -0.4 is 4.87 Å². The first-order chi connectivity index (χ1) is 9.99. The summed E-state index contributed by atoms with van der Waals surface area (Å²) in [5, 5.41) is 1.97. The Balaban J connectivity index is 1.94. The monoisotopic (exact) mass is 325 g/mol. The normalized spacial score (nSPS) is 10.4. The van der Waals surface area contributed by atoms with Crippen molar-refractivity contribution in [2.45, 2.75) is 13.5 Å².